The average molecular weight is 286 g/mol. The number of rotatable bonds is 6. The molecule has 3 nitrogen and oxygen atoms in total. The Kier molecular flexibility index (Phi) is 4.03. The molecular weight excluding hydrogens is 260 g/mol. The molecule has 1 aliphatic carbocycles. The monoisotopic (exact) mass is 286 g/mol. The zero-order chi connectivity index (χ0) is 14.9. The van der Waals surface area contributed by atoms with Crippen molar-refractivity contribution in [3.8, 4) is 0 Å². The molecular formula is C18H26N2O. The molecule has 114 valence electrons. The fourth-order valence-corrected chi connectivity index (χ4v) is 3.47. The zero-order valence-corrected chi connectivity index (χ0v) is 13.2. The van der Waals surface area contributed by atoms with Gasteiger partial charge in [-0.1, -0.05) is 38.3 Å². The molecule has 2 aromatic rings. The van der Waals surface area contributed by atoms with E-state index in [1.165, 1.54) is 24.8 Å². The molecule has 0 radical (unpaired) electrons. The highest BCUT2D eigenvalue weighted by Gasteiger charge is 2.30. The summed E-state index contributed by atoms with van der Waals surface area (Å²) >= 11 is 0. The van der Waals surface area contributed by atoms with Gasteiger partial charge in [-0.2, -0.15) is 0 Å². The van der Waals surface area contributed by atoms with Gasteiger partial charge < -0.3 is 9.67 Å². The van der Waals surface area contributed by atoms with Crippen LogP contribution in [-0.4, -0.2) is 20.3 Å². The number of para-hydroxylation sites is 2. The second-order valence-electron chi connectivity index (χ2n) is 6.84. The Bertz CT molecular complexity index is 611. The van der Waals surface area contributed by atoms with Crippen LogP contribution in [0.4, 0.5) is 0 Å². The van der Waals surface area contributed by atoms with Gasteiger partial charge in [0, 0.05) is 13.0 Å². The number of fused-ring (bicyclic) bond motifs is 1. The van der Waals surface area contributed by atoms with E-state index in [9.17, 15) is 5.11 Å². The fraction of sp³-hybridized carbons (Fsp3) is 0.611. The third-order valence-electron chi connectivity index (χ3n) is 4.67. The standard InChI is InChI=1S/C18H26N2O/c1-3-11-20-16-10-5-4-9-15(16)19-17(20)13-18(2,21)12-14-7-6-8-14/h4-5,9-10,14,21H,3,6-8,11-13H2,1-2H3. The van der Waals surface area contributed by atoms with Crippen LogP contribution in [-0.2, 0) is 13.0 Å². The maximum Gasteiger partial charge on any atom is 0.112 e. The molecule has 21 heavy (non-hydrogen) atoms. The molecule has 1 N–H and O–H groups in total. The van der Waals surface area contributed by atoms with Crippen molar-refractivity contribution < 1.29 is 5.11 Å². The topological polar surface area (TPSA) is 38.0 Å². The molecule has 0 amide bonds. The Morgan fingerprint density at radius 2 is 2.10 bits per heavy atom. The molecule has 1 aromatic heterocycles. The molecule has 1 fully saturated rings. The Morgan fingerprint density at radius 1 is 1.33 bits per heavy atom. The molecule has 0 saturated heterocycles. The molecule has 1 saturated carbocycles. The van der Waals surface area contributed by atoms with Crippen molar-refractivity contribution in [3.05, 3.63) is 30.1 Å². The summed E-state index contributed by atoms with van der Waals surface area (Å²) in [5.74, 6) is 1.74. The normalized spacial score (nSPS) is 18.6. The van der Waals surface area contributed by atoms with Crippen LogP contribution in [0.2, 0.25) is 0 Å². The molecule has 1 aliphatic rings. The van der Waals surface area contributed by atoms with Crippen LogP contribution in [0.5, 0.6) is 0 Å². The van der Waals surface area contributed by atoms with Gasteiger partial charge in [-0.25, -0.2) is 4.98 Å². The number of hydrogen-bond acceptors (Lipinski definition) is 2. The van der Waals surface area contributed by atoms with E-state index in [0.29, 0.717) is 12.3 Å². The van der Waals surface area contributed by atoms with Crippen LogP contribution >= 0.6 is 0 Å². The van der Waals surface area contributed by atoms with Gasteiger partial charge in [-0.05, 0) is 37.8 Å². The average Bonchev–Trinajstić information content (AvgIpc) is 2.72. The quantitative estimate of drug-likeness (QED) is 0.873. The first-order chi connectivity index (χ1) is 10.1. The van der Waals surface area contributed by atoms with Gasteiger partial charge in [-0.3, -0.25) is 0 Å². The largest absolute Gasteiger partial charge is 0.390 e. The predicted octanol–water partition coefficient (Wildman–Crippen LogP) is 3.93. The lowest BCUT2D eigenvalue weighted by atomic mass is 9.77. The lowest BCUT2D eigenvalue weighted by Gasteiger charge is -2.33. The fourth-order valence-electron chi connectivity index (χ4n) is 3.47. The number of nitrogens with zero attached hydrogens (tertiary/aromatic N) is 2. The van der Waals surface area contributed by atoms with Gasteiger partial charge in [0.05, 0.1) is 16.6 Å². The van der Waals surface area contributed by atoms with Crippen LogP contribution in [0.25, 0.3) is 11.0 Å². The van der Waals surface area contributed by atoms with E-state index in [4.69, 9.17) is 4.98 Å². The molecule has 3 heteroatoms. The lowest BCUT2D eigenvalue weighted by molar-refractivity contribution is 0.0181. The van der Waals surface area contributed by atoms with Crippen LogP contribution in [0.1, 0.15) is 51.8 Å². The van der Waals surface area contributed by atoms with Gasteiger partial charge >= 0.3 is 0 Å². The van der Waals surface area contributed by atoms with E-state index in [1.807, 2.05) is 13.0 Å². The third-order valence-corrected chi connectivity index (χ3v) is 4.67. The number of benzene rings is 1. The maximum atomic E-state index is 10.8. The smallest absolute Gasteiger partial charge is 0.112 e. The van der Waals surface area contributed by atoms with Crippen molar-refractivity contribution in [1.82, 2.24) is 9.55 Å². The summed E-state index contributed by atoms with van der Waals surface area (Å²) in [6, 6.07) is 8.28. The Labute approximate surface area is 127 Å². The molecule has 1 heterocycles. The van der Waals surface area contributed by atoms with E-state index >= 15 is 0 Å². The van der Waals surface area contributed by atoms with Gasteiger partial charge in [0.15, 0.2) is 0 Å². The second-order valence-corrected chi connectivity index (χ2v) is 6.84. The van der Waals surface area contributed by atoms with Gasteiger partial charge in [0.25, 0.3) is 0 Å². The number of hydrogen-bond donors (Lipinski definition) is 1. The first-order valence-corrected chi connectivity index (χ1v) is 8.25. The molecule has 0 bridgehead atoms. The lowest BCUT2D eigenvalue weighted by Crippen LogP contribution is -2.33. The zero-order valence-electron chi connectivity index (χ0n) is 13.2. The highest BCUT2D eigenvalue weighted by Crippen LogP contribution is 2.35. The predicted molar refractivity (Wildman–Crippen MR) is 86.3 cm³/mol. The Balaban J connectivity index is 1.86. The van der Waals surface area contributed by atoms with Gasteiger partial charge in [0.1, 0.15) is 5.82 Å². The Hall–Kier alpha value is -1.35. The SMILES string of the molecule is CCCn1c(CC(C)(O)CC2CCC2)nc2ccccc21. The van der Waals surface area contributed by atoms with E-state index in [1.54, 1.807) is 0 Å². The minimum absolute atomic E-state index is 0.641. The Morgan fingerprint density at radius 3 is 2.76 bits per heavy atom. The van der Waals surface area contributed by atoms with Gasteiger partial charge in [-0.15, -0.1) is 0 Å². The minimum atomic E-state index is -0.641. The number of aromatic nitrogens is 2. The molecule has 3 rings (SSSR count). The van der Waals surface area contributed by atoms with Crippen molar-refractivity contribution in [3.63, 3.8) is 0 Å². The van der Waals surface area contributed by atoms with Crippen molar-refractivity contribution >= 4 is 11.0 Å². The molecule has 1 atom stereocenters. The molecule has 0 aliphatic heterocycles. The van der Waals surface area contributed by atoms with E-state index in [-0.39, 0.29) is 0 Å². The van der Waals surface area contributed by atoms with Crippen LogP contribution in [0.3, 0.4) is 0 Å². The van der Waals surface area contributed by atoms with Crippen molar-refractivity contribution in [2.75, 3.05) is 0 Å². The summed E-state index contributed by atoms with van der Waals surface area (Å²) in [5.41, 5.74) is 1.59. The summed E-state index contributed by atoms with van der Waals surface area (Å²) < 4.78 is 2.28. The van der Waals surface area contributed by atoms with Crippen LogP contribution < -0.4 is 0 Å². The molecule has 1 aromatic carbocycles. The number of aliphatic hydroxyl groups is 1. The van der Waals surface area contributed by atoms with Gasteiger partial charge in [0.2, 0.25) is 0 Å². The van der Waals surface area contributed by atoms with Crippen molar-refractivity contribution in [1.29, 1.82) is 0 Å². The third kappa shape index (κ3) is 3.13. The first-order valence-electron chi connectivity index (χ1n) is 8.25. The van der Waals surface area contributed by atoms with E-state index in [2.05, 4.69) is 29.7 Å². The van der Waals surface area contributed by atoms with E-state index < -0.39 is 5.60 Å². The highest BCUT2D eigenvalue weighted by atomic mass is 16.3. The summed E-state index contributed by atoms with van der Waals surface area (Å²) in [7, 11) is 0. The van der Waals surface area contributed by atoms with Crippen molar-refractivity contribution in [2.45, 2.75) is 64.5 Å². The summed E-state index contributed by atoms with van der Waals surface area (Å²) in [6.07, 6.45) is 6.52. The maximum absolute atomic E-state index is 10.8. The molecule has 1 unspecified atom stereocenters. The van der Waals surface area contributed by atoms with Crippen LogP contribution in [0.15, 0.2) is 24.3 Å². The number of imidazole rings is 1. The second kappa shape index (κ2) is 5.80. The van der Waals surface area contributed by atoms with E-state index in [0.717, 1.165) is 30.7 Å². The molecule has 0 spiro atoms. The minimum Gasteiger partial charge on any atom is -0.390 e. The van der Waals surface area contributed by atoms with Crippen molar-refractivity contribution in [2.24, 2.45) is 5.92 Å². The van der Waals surface area contributed by atoms with Crippen LogP contribution in [0, 0.1) is 5.92 Å². The highest BCUT2D eigenvalue weighted by molar-refractivity contribution is 5.75. The summed E-state index contributed by atoms with van der Waals surface area (Å²) in [6.45, 7) is 5.13. The number of aryl methyl sites for hydroxylation is 1. The summed E-state index contributed by atoms with van der Waals surface area (Å²) in [4.78, 5) is 4.77. The summed E-state index contributed by atoms with van der Waals surface area (Å²) in [5, 5.41) is 10.8. The first kappa shape index (κ1) is 14.6.